The fraction of sp³-hybridized carbons (Fsp3) is 0.273. The molecule has 0 amide bonds. The third kappa shape index (κ3) is 2.83. The molecule has 0 aliphatic carbocycles. The highest BCUT2D eigenvalue weighted by molar-refractivity contribution is 7.89. The number of aryl methyl sites for hydroxylation is 1. The molecule has 0 aliphatic heterocycles. The van der Waals surface area contributed by atoms with Crippen molar-refractivity contribution in [3.63, 3.8) is 0 Å². The second-order valence-corrected chi connectivity index (χ2v) is 5.08. The summed E-state index contributed by atoms with van der Waals surface area (Å²) in [4.78, 5) is 0.241. The maximum Gasteiger partial charge on any atom is 0.240 e. The quantitative estimate of drug-likeness (QED) is 0.724. The number of hydrogen-bond acceptors (Lipinski definition) is 3. The molecule has 1 rings (SSSR count). The molecule has 0 bridgehead atoms. The first-order valence-electron chi connectivity index (χ1n) is 4.74. The van der Waals surface area contributed by atoms with Crippen molar-refractivity contribution < 1.29 is 8.42 Å². The minimum absolute atomic E-state index is 0.241. The smallest absolute Gasteiger partial charge is 0.240 e. The Kier molecular flexibility index (Phi) is 4.07. The van der Waals surface area contributed by atoms with Gasteiger partial charge in [0.25, 0.3) is 0 Å². The van der Waals surface area contributed by atoms with Crippen LogP contribution in [0.3, 0.4) is 0 Å². The molecule has 5 heteroatoms. The lowest BCUT2D eigenvalue weighted by Gasteiger charge is -2.04. The van der Waals surface area contributed by atoms with Gasteiger partial charge in [-0.1, -0.05) is 11.8 Å². The molecule has 3 N–H and O–H groups in total. The van der Waals surface area contributed by atoms with Gasteiger partial charge in [0.1, 0.15) is 0 Å². The van der Waals surface area contributed by atoms with Crippen LogP contribution in [0.4, 0.5) is 0 Å². The van der Waals surface area contributed by atoms with Gasteiger partial charge in [0.05, 0.1) is 11.4 Å². The normalized spacial score (nSPS) is 10.7. The molecule has 0 radical (unpaired) electrons. The number of nitrogens with two attached hydrogens (primary N) is 1. The highest BCUT2D eigenvalue weighted by Gasteiger charge is 2.11. The predicted molar refractivity (Wildman–Crippen MR) is 63.4 cm³/mol. The second-order valence-electron chi connectivity index (χ2n) is 3.19. The molecule has 0 aliphatic rings. The van der Waals surface area contributed by atoms with Crippen LogP contribution in [0.5, 0.6) is 0 Å². The van der Waals surface area contributed by atoms with E-state index in [4.69, 9.17) is 5.73 Å². The molecule has 86 valence electrons. The van der Waals surface area contributed by atoms with E-state index in [-0.39, 0.29) is 11.4 Å². The van der Waals surface area contributed by atoms with Gasteiger partial charge < -0.3 is 5.73 Å². The molecule has 0 saturated heterocycles. The fourth-order valence-electron chi connectivity index (χ4n) is 1.21. The molecule has 16 heavy (non-hydrogen) atoms. The van der Waals surface area contributed by atoms with Gasteiger partial charge in [-0.15, -0.1) is 0 Å². The van der Waals surface area contributed by atoms with Crippen molar-refractivity contribution in [2.45, 2.75) is 11.8 Å². The monoisotopic (exact) mass is 238 g/mol. The van der Waals surface area contributed by atoms with Crippen LogP contribution < -0.4 is 10.5 Å². The van der Waals surface area contributed by atoms with E-state index < -0.39 is 10.0 Å². The first-order chi connectivity index (χ1) is 7.51. The molecule has 0 atom stereocenters. The van der Waals surface area contributed by atoms with Gasteiger partial charge in [-0.2, -0.15) is 0 Å². The lowest BCUT2D eigenvalue weighted by Crippen LogP contribution is -2.18. The van der Waals surface area contributed by atoms with Crippen LogP contribution in [0.15, 0.2) is 23.1 Å². The standard InChI is InChI=1S/C11H14N2O2S/c1-9-8-11(16(14,15)13-2)6-5-10(9)4-3-7-12/h5-6,8,13H,7,12H2,1-2H3. The molecular formula is C11H14N2O2S. The van der Waals surface area contributed by atoms with Crippen molar-refractivity contribution in [1.29, 1.82) is 0 Å². The number of nitrogens with one attached hydrogen (secondary N) is 1. The highest BCUT2D eigenvalue weighted by Crippen LogP contribution is 2.14. The summed E-state index contributed by atoms with van der Waals surface area (Å²) >= 11 is 0. The molecule has 1 aromatic carbocycles. The van der Waals surface area contributed by atoms with E-state index in [2.05, 4.69) is 16.6 Å². The Labute approximate surface area is 95.9 Å². The van der Waals surface area contributed by atoms with Crippen LogP contribution in [-0.4, -0.2) is 22.0 Å². The van der Waals surface area contributed by atoms with Crippen LogP contribution in [0.25, 0.3) is 0 Å². The second kappa shape index (κ2) is 5.12. The van der Waals surface area contributed by atoms with Gasteiger partial charge in [-0.05, 0) is 37.7 Å². The largest absolute Gasteiger partial charge is 0.320 e. The van der Waals surface area contributed by atoms with Crippen molar-refractivity contribution in [1.82, 2.24) is 4.72 Å². The van der Waals surface area contributed by atoms with Gasteiger partial charge in [0.15, 0.2) is 0 Å². The van der Waals surface area contributed by atoms with Crippen LogP contribution in [0, 0.1) is 18.8 Å². The van der Waals surface area contributed by atoms with Crippen molar-refractivity contribution in [2.75, 3.05) is 13.6 Å². The minimum Gasteiger partial charge on any atom is -0.320 e. The van der Waals surface area contributed by atoms with Gasteiger partial charge >= 0.3 is 0 Å². The van der Waals surface area contributed by atoms with E-state index in [9.17, 15) is 8.42 Å². The van der Waals surface area contributed by atoms with Gasteiger partial charge in [0.2, 0.25) is 10.0 Å². The van der Waals surface area contributed by atoms with E-state index in [1.54, 1.807) is 12.1 Å². The molecule has 0 fully saturated rings. The topological polar surface area (TPSA) is 72.2 Å². The molecule has 0 aromatic heterocycles. The molecule has 4 nitrogen and oxygen atoms in total. The Morgan fingerprint density at radius 3 is 2.62 bits per heavy atom. The summed E-state index contributed by atoms with van der Waals surface area (Å²) in [6, 6.07) is 4.80. The summed E-state index contributed by atoms with van der Waals surface area (Å²) in [5.74, 6) is 5.61. The maximum absolute atomic E-state index is 11.5. The summed E-state index contributed by atoms with van der Waals surface area (Å²) in [7, 11) is -2.00. The van der Waals surface area contributed by atoms with E-state index in [1.165, 1.54) is 13.1 Å². The van der Waals surface area contributed by atoms with E-state index >= 15 is 0 Å². The van der Waals surface area contributed by atoms with E-state index in [1.807, 2.05) is 6.92 Å². The zero-order chi connectivity index (χ0) is 12.2. The molecule has 1 aromatic rings. The summed E-state index contributed by atoms with van der Waals surface area (Å²) < 4.78 is 25.3. The van der Waals surface area contributed by atoms with Crippen molar-refractivity contribution in [3.8, 4) is 11.8 Å². The third-order valence-electron chi connectivity index (χ3n) is 2.10. The van der Waals surface area contributed by atoms with Crippen molar-refractivity contribution in [3.05, 3.63) is 29.3 Å². The lowest BCUT2D eigenvalue weighted by molar-refractivity contribution is 0.588. The summed E-state index contributed by atoms with van der Waals surface area (Å²) in [6.45, 7) is 2.10. The molecule has 0 saturated carbocycles. The van der Waals surface area contributed by atoms with Crippen LogP contribution in [-0.2, 0) is 10.0 Å². The number of sulfonamides is 1. The Hall–Kier alpha value is -1.35. The first-order valence-corrected chi connectivity index (χ1v) is 6.22. The Morgan fingerprint density at radius 1 is 1.44 bits per heavy atom. The summed E-state index contributed by atoms with van der Waals surface area (Å²) in [5.41, 5.74) is 6.88. The van der Waals surface area contributed by atoms with Crippen LogP contribution in [0.1, 0.15) is 11.1 Å². The number of benzene rings is 1. The summed E-state index contributed by atoms with van der Waals surface area (Å²) in [5, 5.41) is 0. The Balaban J connectivity index is 3.19. The van der Waals surface area contributed by atoms with E-state index in [0.717, 1.165) is 11.1 Å². The molecule has 0 heterocycles. The zero-order valence-corrected chi connectivity index (χ0v) is 10.1. The first kappa shape index (κ1) is 12.7. The molecule has 0 unspecified atom stereocenters. The predicted octanol–water partition coefficient (Wildman–Crippen LogP) is 0.213. The van der Waals surface area contributed by atoms with Gasteiger partial charge in [0, 0.05) is 5.56 Å². The minimum atomic E-state index is -3.38. The van der Waals surface area contributed by atoms with Gasteiger partial charge in [-0.25, -0.2) is 13.1 Å². The Bertz CT molecular complexity index is 539. The fourth-order valence-corrected chi connectivity index (χ4v) is 2.02. The molecular weight excluding hydrogens is 224 g/mol. The Morgan fingerprint density at radius 2 is 2.12 bits per heavy atom. The van der Waals surface area contributed by atoms with Crippen LogP contribution in [0.2, 0.25) is 0 Å². The average Bonchev–Trinajstić information content (AvgIpc) is 2.27. The highest BCUT2D eigenvalue weighted by atomic mass is 32.2. The van der Waals surface area contributed by atoms with Crippen molar-refractivity contribution >= 4 is 10.0 Å². The lowest BCUT2D eigenvalue weighted by atomic mass is 10.1. The van der Waals surface area contributed by atoms with Crippen molar-refractivity contribution in [2.24, 2.45) is 5.73 Å². The van der Waals surface area contributed by atoms with Crippen LogP contribution >= 0.6 is 0 Å². The maximum atomic E-state index is 11.5. The zero-order valence-electron chi connectivity index (χ0n) is 9.24. The average molecular weight is 238 g/mol. The summed E-state index contributed by atoms with van der Waals surface area (Å²) in [6.07, 6.45) is 0. The SMILES string of the molecule is CNS(=O)(=O)c1ccc(C#CCN)c(C)c1. The number of hydrogen-bond donors (Lipinski definition) is 2. The third-order valence-corrected chi connectivity index (χ3v) is 3.51. The number of rotatable bonds is 2. The van der Waals surface area contributed by atoms with Gasteiger partial charge in [-0.3, -0.25) is 0 Å². The molecule has 0 spiro atoms. The van der Waals surface area contributed by atoms with E-state index in [0.29, 0.717) is 0 Å².